The van der Waals surface area contributed by atoms with Gasteiger partial charge in [-0.15, -0.1) is 0 Å². The summed E-state index contributed by atoms with van der Waals surface area (Å²) in [7, 11) is 1.35. The van der Waals surface area contributed by atoms with Gasteiger partial charge in [0.2, 0.25) is 5.91 Å². The van der Waals surface area contributed by atoms with E-state index in [1.807, 2.05) is 24.3 Å². The summed E-state index contributed by atoms with van der Waals surface area (Å²) in [6.45, 7) is 2.06. The first-order valence-corrected chi connectivity index (χ1v) is 8.38. The molecule has 1 aromatic heterocycles. The van der Waals surface area contributed by atoms with Crippen LogP contribution in [0, 0.1) is 0 Å². The first kappa shape index (κ1) is 15.8. The van der Waals surface area contributed by atoms with Gasteiger partial charge in [-0.05, 0) is 31.0 Å². The SMILES string of the molecule is COC(=O)c1[nH]ncc1CN1CCC[C@]2(C1)C(=O)Nc1ccccc12. The van der Waals surface area contributed by atoms with Crippen molar-refractivity contribution in [2.45, 2.75) is 24.8 Å². The van der Waals surface area contributed by atoms with E-state index in [4.69, 9.17) is 4.74 Å². The first-order valence-electron chi connectivity index (χ1n) is 8.38. The van der Waals surface area contributed by atoms with Crippen molar-refractivity contribution in [1.82, 2.24) is 15.1 Å². The van der Waals surface area contributed by atoms with Gasteiger partial charge in [-0.3, -0.25) is 14.8 Å². The normalized spacial score (nSPS) is 22.7. The van der Waals surface area contributed by atoms with E-state index in [1.165, 1.54) is 7.11 Å². The molecule has 1 spiro atoms. The Kier molecular flexibility index (Phi) is 3.80. The molecular weight excluding hydrogens is 320 g/mol. The smallest absolute Gasteiger partial charge is 0.356 e. The number of anilines is 1. The number of rotatable bonds is 3. The second-order valence-corrected chi connectivity index (χ2v) is 6.66. The molecule has 25 heavy (non-hydrogen) atoms. The third-order valence-electron chi connectivity index (χ3n) is 5.20. The Morgan fingerprint density at radius 3 is 3.08 bits per heavy atom. The number of amides is 1. The maximum Gasteiger partial charge on any atom is 0.356 e. The van der Waals surface area contributed by atoms with E-state index in [2.05, 4.69) is 20.4 Å². The van der Waals surface area contributed by atoms with Crippen LogP contribution in [-0.4, -0.2) is 47.2 Å². The molecule has 1 fully saturated rings. The number of likely N-dealkylation sites (tertiary alicyclic amines) is 1. The fourth-order valence-corrected chi connectivity index (χ4v) is 4.01. The summed E-state index contributed by atoms with van der Waals surface area (Å²) in [4.78, 5) is 26.8. The van der Waals surface area contributed by atoms with E-state index in [-0.39, 0.29) is 5.91 Å². The number of carbonyl (C=O) groups is 2. The molecule has 2 aliphatic heterocycles. The molecule has 0 saturated carbocycles. The van der Waals surface area contributed by atoms with Crippen LogP contribution in [0.4, 0.5) is 5.69 Å². The van der Waals surface area contributed by atoms with Crippen molar-refractivity contribution >= 4 is 17.6 Å². The standard InChI is InChI=1S/C18H20N4O3/c1-25-16(23)15-12(9-19-21-15)10-22-8-4-7-18(11-22)13-5-2-3-6-14(13)20-17(18)24/h2-3,5-6,9H,4,7-8,10-11H2,1H3,(H,19,21)(H,20,24)/t18-/m1/s1. The summed E-state index contributed by atoms with van der Waals surface area (Å²) in [5.41, 5.74) is 2.64. The minimum absolute atomic E-state index is 0.0683. The number of aromatic nitrogens is 2. The van der Waals surface area contributed by atoms with Crippen LogP contribution < -0.4 is 5.32 Å². The minimum atomic E-state index is -0.510. The number of piperidine rings is 1. The van der Waals surface area contributed by atoms with Crippen LogP contribution in [0.1, 0.15) is 34.5 Å². The average molecular weight is 340 g/mol. The van der Waals surface area contributed by atoms with Crippen LogP contribution >= 0.6 is 0 Å². The van der Waals surface area contributed by atoms with Crippen LogP contribution in [-0.2, 0) is 21.5 Å². The second kappa shape index (κ2) is 6.00. The molecule has 2 aromatic rings. The molecule has 1 saturated heterocycles. The van der Waals surface area contributed by atoms with Gasteiger partial charge in [0.15, 0.2) is 0 Å². The molecule has 1 amide bonds. The Balaban J connectivity index is 1.60. The summed E-state index contributed by atoms with van der Waals surface area (Å²) in [6, 6.07) is 7.90. The zero-order valence-corrected chi connectivity index (χ0v) is 14.0. The molecule has 2 N–H and O–H groups in total. The Labute approximate surface area is 145 Å². The minimum Gasteiger partial charge on any atom is -0.464 e. The molecule has 130 valence electrons. The fourth-order valence-electron chi connectivity index (χ4n) is 4.01. The Hall–Kier alpha value is -2.67. The highest BCUT2D eigenvalue weighted by atomic mass is 16.5. The van der Waals surface area contributed by atoms with Crippen LogP contribution in [0.2, 0.25) is 0 Å². The van der Waals surface area contributed by atoms with Crippen molar-refractivity contribution in [2.24, 2.45) is 0 Å². The number of H-pyrrole nitrogens is 1. The number of ether oxygens (including phenoxy) is 1. The summed E-state index contributed by atoms with van der Waals surface area (Å²) in [5, 5.41) is 9.68. The lowest BCUT2D eigenvalue weighted by Gasteiger charge is -2.39. The van der Waals surface area contributed by atoms with Crippen molar-refractivity contribution in [2.75, 3.05) is 25.5 Å². The van der Waals surface area contributed by atoms with Gasteiger partial charge in [0, 0.05) is 24.3 Å². The maximum atomic E-state index is 12.7. The quantitative estimate of drug-likeness (QED) is 0.830. The van der Waals surface area contributed by atoms with Gasteiger partial charge in [0.1, 0.15) is 5.69 Å². The highest BCUT2D eigenvalue weighted by molar-refractivity contribution is 6.06. The summed E-state index contributed by atoms with van der Waals surface area (Å²) >= 11 is 0. The number of methoxy groups -OCH3 is 1. The van der Waals surface area contributed by atoms with E-state index < -0.39 is 11.4 Å². The van der Waals surface area contributed by atoms with E-state index in [0.29, 0.717) is 18.8 Å². The molecule has 7 nitrogen and oxygen atoms in total. The van der Waals surface area contributed by atoms with Crippen LogP contribution in [0.3, 0.4) is 0 Å². The predicted molar refractivity (Wildman–Crippen MR) is 91.2 cm³/mol. The van der Waals surface area contributed by atoms with Gasteiger partial charge < -0.3 is 10.1 Å². The monoisotopic (exact) mass is 340 g/mol. The van der Waals surface area contributed by atoms with E-state index in [9.17, 15) is 9.59 Å². The van der Waals surface area contributed by atoms with Gasteiger partial charge in [-0.1, -0.05) is 18.2 Å². The lowest BCUT2D eigenvalue weighted by molar-refractivity contribution is -0.122. The highest BCUT2D eigenvalue weighted by Gasteiger charge is 2.48. The van der Waals surface area contributed by atoms with Gasteiger partial charge in [0.05, 0.1) is 18.7 Å². The molecule has 0 bridgehead atoms. The van der Waals surface area contributed by atoms with Crippen molar-refractivity contribution in [3.8, 4) is 0 Å². The highest BCUT2D eigenvalue weighted by Crippen LogP contribution is 2.43. The fraction of sp³-hybridized carbons (Fsp3) is 0.389. The lowest BCUT2D eigenvalue weighted by atomic mass is 9.75. The number of carbonyl (C=O) groups excluding carboxylic acids is 2. The number of nitrogens with one attached hydrogen (secondary N) is 2. The van der Waals surface area contributed by atoms with Crippen molar-refractivity contribution in [3.63, 3.8) is 0 Å². The Bertz CT molecular complexity index is 831. The number of esters is 1. The third kappa shape index (κ3) is 2.51. The van der Waals surface area contributed by atoms with E-state index in [0.717, 1.165) is 36.2 Å². The van der Waals surface area contributed by atoms with Crippen LogP contribution in [0.5, 0.6) is 0 Å². The predicted octanol–water partition coefficient (Wildman–Crippen LogP) is 1.68. The molecule has 1 aromatic carbocycles. The number of para-hydroxylation sites is 1. The average Bonchev–Trinajstić information content (AvgIpc) is 3.19. The zero-order chi connectivity index (χ0) is 17.4. The van der Waals surface area contributed by atoms with Gasteiger partial charge in [-0.2, -0.15) is 5.10 Å². The summed E-state index contributed by atoms with van der Waals surface area (Å²) in [6.07, 6.45) is 3.41. The van der Waals surface area contributed by atoms with Gasteiger partial charge in [-0.25, -0.2) is 4.79 Å². The molecule has 0 aliphatic carbocycles. The molecule has 2 aliphatic rings. The van der Waals surface area contributed by atoms with E-state index in [1.54, 1.807) is 6.20 Å². The van der Waals surface area contributed by atoms with Crippen molar-refractivity contribution in [3.05, 3.63) is 47.3 Å². The second-order valence-electron chi connectivity index (χ2n) is 6.66. The molecule has 4 rings (SSSR count). The third-order valence-corrected chi connectivity index (χ3v) is 5.20. The van der Waals surface area contributed by atoms with Gasteiger partial charge >= 0.3 is 5.97 Å². The molecule has 1 atom stereocenters. The number of hydrogen-bond acceptors (Lipinski definition) is 5. The van der Waals surface area contributed by atoms with Crippen LogP contribution in [0.15, 0.2) is 30.5 Å². The molecule has 0 radical (unpaired) electrons. The molecule has 7 heteroatoms. The first-order chi connectivity index (χ1) is 12.1. The van der Waals surface area contributed by atoms with Crippen molar-refractivity contribution < 1.29 is 14.3 Å². The molecule has 3 heterocycles. The zero-order valence-electron chi connectivity index (χ0n) is 14.0. The topological polar surface area (TPSA) is 87.3 Å². The maximum absolute atomic E-state index is 12.7. The number of nitrogens with zero attached hydrogens (tertiary/aromatic N) is 2. The number of hydrogen-bond donors (Lipinski definition) is 2. The Morgan fingerprint density at radius 2 is 2.24 bits per heavy atom. The lowest BCUT2D eigenvalue weighted by Crippen LogP contribution is -2.49. The molecular formula is C18H20N4O3. The number of fused-ring (bicyclic) bond motifs is 2. The number of aromatic amines is 1. The Morgan fingerprint density at radius 1 is 1.40 bits per heavy atom. The largest absolute Gasteiger partial charge is 0.464 e. The van der Waals surface area contributed by atoms with Crippen LogP contribution in [0.25, 0.3) is 0 Å². The van der Waals surface area contributed by atoms with Gasteiger partial charge in [0.25, 0.3) is 0 Å². The molecule has 0 unspecified atom stereocenters. The number of benzene rings is 1. The summed E-state index contributed by atoms with van der Waals surface area (Å²) < 4.78 is 4.79. The summed E-state index contributed by atoms with van der Waals surface area (Å²) in [5.74, 6) is -0.359. The van der Waals surface area contributed by atoms with E-state index >= 15 is 0 Å². The van der Waals surface area contributed by atoms with Crippen molar-refractivity contribution in [1.29, 1.82) is 0 Å².